The van der Waals surface area contributed by atoms with Gasteiger partial charge in [0, 0.05) is 13.1 Å². The molecule has 1 fully saturated rings. The van der Waals surface area contributed by atoms with Gasteiger partial charge in [0.15, 0.2) is 0 Å². The highest BCUT2D eigenvalue weighted by Gasteiger charge is 2.19. The number of hydrogen-bond donors (Lipinski definition) is 2. The zero-order valence-corrected chi connectivity index (χ0v) is 13.2. The van der Waals surface area contributed by atoms with Crippen molar-refractivity contribution in [2.45, 2.75) is 32.4 Å². The minimum atomic E-state index is -0.359. The van der Waals surface area contributed by atoms with Gasteiger partial charge in [0.25, 0.3) is 0 Å². The predicted octanol–water partition coefficient (Wildman–Crippen LogP) is 2.66. The lowest BCUT2D eigenvalue weighted by Crippen LogP contribution is -2.40. The number of likely N-dealkylation sites (tertiary alicyclic amines) is 1. The van der Waals surface area contributed by atoms with Crippen molar-refractivity contribution in [1.82, 2.24) is 10.2 Å². The van der Waals surface area contributed by atoms with Crippen LogP contribution in [-0.2, 0) is 6.54 Å². The van der Waals surface area contributed by atoms with Gasteiger partial charge in [0.05, 0.1) is 11.1 Å². The van der Waals surface area contributed by atoms with E-state index < -0.39 is 0 Å². The number of nitrogens with one attached hydrogen (secondary N) is 1. The first-order chi connectivity index (χ1) is 10.0. The number of aliphatic hydroxyl groups is 1. The Labute approximate surface area is 131 Å². The minimum Gasteiger partial charge on any atom is -0.392 e. The van der Waals surface area contributed by atoms with Crippen LogP contribution in [0.3, 0.4) is 0 Å². The first-order valence-corrected chi connectivity index (χ1v) is 7.97. The second kappa shape index (κ2) is 8.08. The molecule has 1 saturated heterocycles. The van der Waals surface area contributed by atoms with E-state index >= 15 is 0 Å². The zero-order valence-electron chi connectivity index (χ0n) is 12.5. The molecule has 21 heavy (non-hydrogen) atoms. The Balaban J connectivity index is 1.67. The van der Waals surface area contributed by atoms with Crippen LogP contribution < -0.4 is 5.32 Å². The Bertz CT molecular complexity index is 448. The number of halogens is 2. The number of benzene rings is 1. The fraction of sp³-hybridized carbons (Fsp3) is 0.625. The number of hydrogen-bond acceptors (Lipinski definition) is 3. The van der Waals surface area contributed by atoms with Gasteiger partial charge in [-0.25, -0.2) is 4.39 Å². The third kappa shape index (κ3) is 5.55. The molecule has 1 aromatic rings. The van der Waals surface area contributed by atoms with Crippen LogP contribution in [0.4, 0.5) is 4.39 Å². The summed E-state index contributed by atoms with van der Waals surface area (Å²) in [4.78, 5) is 2.32. The third-order valence-electron chi connectivity index (χ3n) is 3.98. The molecule has 0 radical (unpaired) electrons. The molecule has 1 aromatic carbocycles. The Morgan fingerprint density at radius 1 is 1.43 bits per heavy atom. The van der Waals surface area contributed by atoms with Crippen molar-refractivity contribution in [2.75, 3.05) is 26.2 Å². The van der Waals surface area contributed by atoms with E-state index in [1.165, 1.54) is 6.07 Å². The quantitative estimate of drug-likeness (QED) is 0.847. The molecule has 0 bridgehead atoms. The van der Waals surface area contributed by atoms with Crippen LogP contribution in [0, 0.1) is 11.7 Å². The summed E-state index contributed by atoms with van der Waals surface area (Å²) in [5.41, 5.74) is 0.920. The Kier molecular flexibility index (Phi) is 6.42. The number of β-amino-alcohol motifs (C(OH)–C–C–N with tert-alkyl or cyclic N) is 1. The summed E-state index contributed by atoms with van der Waals surface area (Å²) in [5, 5.41) is 13.0. The third-order valence-corrected chi connectivity index (χ3v) is 4.28. The Hall–Kier alpha value is -0.680. The molecule has 0 amide bonds. The van der Waals surface area contributed by atoms with Crippen LogP contribution >= 0.6 is 11.6 Å². The molecule has 5 heteroatoms. The normalized spacial score (nSPS) is 18.9. The van der Waals surface area contributed by atoms with Crippen molar-refractivity contribution in [1.29, 1.82) is 0 Å². The molecule has 3 nitrogen and oxygen atoms in total. The average molecular weight is 315 g/mol. The van der Waals surface area contributed by atoms with Gasteiger partial charge in [-0.05, 0) is 63.0 Å². The molecule has 2 rings (SSSR count). The molecule has 0 saturated carbocycles. The van der Waals surface area contributed by atoms with Gasteiger partial charge >= 0.3 is 0 Å². The molecule has 0 unspecified atom stereocenters. The second-order valence-electron chi connectivity index (χ2n) is 5.97. The summed E-state index contributed by atoms with van der Waals surface area (Å²) in [6.07, 6.45) is 2.04. The van der Waals surface area contributed by atoms with Crippen LogP contribution in [-0.4, -0.2) is 42.3 Å². The second-order valence-corrected chi connectivity index (χ2v) is 6.38. The van der Waals surface area contributed by atoms with E-state index in [1.807, 2.05) is 13.0 Å². The van der Waals surface area contributed by atoms with E-state index in [0.717, 1.165) is 44.6 Å². The number of piperidine rings is 1. The topological polar surface area (TPSA) is 35.5 Å². The molecule has 1 heterocycles. The summed E-state index contributed by atoms with van der Waals surface area (Å²) in [6, 6.07) is 4.94. The fourth-order valence-electron chi connectivity index (χ4n) is 2.82. The lowest BCUT2D eigenvalue weighted by Gasteiger charge is -2.32. The van der Waals surface area contributed by atoms with Crippen molar-refractivity contribution in [3.63, 3.8) is 0 Å². The minimum absolute atomic E-state index is 0.171. The first-order valence-electron chi connectivity index (χ1n) is 7.59. The van der Waals surface area contributed by atoms with Gasteiger partial charge in [0.1, 0.15) is 5.82 Å². The molecule has 2 N–H and O–H groups in total. The van der Waals surface area contributed by atoms with Gasteiger partial charge in [0.2, 0.25) is 0 Å². The van der Waals surface area contributed by atoms with Crippen molar-refractivity contribution < 1.29 is 9.50 Å². The average Bonchev–Trinajstić information content (AvgIpc) is 2.44. The molecule has 0 aromatic heterocycles. The maximum atomic E-state index is 13.3. The highest BCUT2D eigenvalue weighted by atomic mass is 35.5. The molecule has 1 aliphatic rings. The highest BCUT2D eigenvalue weighted by Crippen LogP contribution is 2.18. The SMILES string of the molecule is C[C@@H](O)CN1CCC(CNCc2ccc(Cl)c(F)c2)CC1. The first kappa shape index (κ1) is 16.7. The van der Waals surface area contributed by atoms with E-state index in [2.05, 4.69) is 10.2 Å². The Morgan fingerprint density at radius 3 is 2.76 bits per heavy atom. The summed E-state index contributed by atoms with van der Waals surface area (Å²) in [6.45, 7) is 6.32. The van der Waals surface area contributed by atoms with E-state index in [-0.39, 0.29) is 16.9 Å². The number of nitrogens with zero attached hydrogens (tertiary/aromatic N) is 1. The summed E-state index contributed by atoms with van der Waals surface area (Å²) >= 11 is 5.67. The van der Waals surface area contributed by atoms with Crippen LogP contribution in [0.5, 0.6) is 0 Å². The molecular weight excluding hydrogens is 291 g/mol. The molecule has 1 atom stereocenters. The van der Waals surface area contributed by atoms with Crippen LogP contribution in [0.25, 0.3) is 0 Å². The molecule has 0 spiro atoms. The van der Waals surface area contributed by atoms with Gasteiger partial charge in [-0.15, -0.1) is 0 Å². The van der Waals surface area contributed by atoms with E-state index in [0.29, 0.717) is 12.5 Å². The van der Waals surface area contributed by atoms with Crippen molar-refractivity contribution in [3.05, 3.63) is 34.6 Å². The van der Waals surface area contributed by atoms with Crippen LogP contribution in [0.2, 0.25) is 5.02 Å². The highest BCUT2D eigenvalue weighted by molar-refractivity contribution is 6.30. The number of aliphatic hydroxyl groups excluding tert-OH is 1. The molecule has 118 valence electrons. The van der Waals surface area contributed by atoms with Crippen LogP contribution in [0.1, 0.15) is 25.3 Å². The lowest BCUT2D eigenvalue weighted by molar-refractivity contribution is 0.0998. The van der Waals surface area contributed by atoms with Gasteiger partial charge < -0.3 is 15.3 Å². The van der Waals surface area contributed by atoms with E-state index in [1.54, 1.807) is 6.07 Å². The van der Waals surface area contributed by atoms with Crippen molar-refractivity contribution >= 4 is 11.6 Å². The number of rotatable bonds is 6. The van der Waals surface area contributed by atoms with Gasteiger partial charge in [-0.1, -0.05) is 17.7 Å². The van der Waals surface area contributed by atoms with Crippen LogP contribution in [0.15, 0.2) is 18.2 Å². The largest absolute Gasteiger partial charge is 0.392 e. The zero-order chi connectivity index (χ0) is 15.2. The standard InChI is InChI=1S/C16H24ClFN2O/c1-12(21)11-20-6-4-13(5-7-20)9-19-10-14-2-3-15(17)16(18)8-14/h2-3,8,12-13,19,21H,4-7,9-11H2,1H3/t12-/m1/s1. The maximum Gasteiger partial charge on any atom is 0.142 e. The van der Waals surface area contributed by atoms with Crippen molar-refractivity contribution in [3.8, 4) is 0 Å². The maximum absolute atomic E-state index is 13.3. The monoisotopic (exact) mass is 314 g/mol. The van der Waals surface area contributed by atoms with Crippen molar-refractivity contribution in [2.24, 2.45) is 5.92 Å². The van der Waals surface area contributed by atoms with Gasteiger partial charge in [-0.2, -0.15) is 0 Å². The summed E-state index contributed by atoms with van der Waals surface area (Å²) in [7, 11) is 0. The molecule has 0 aliphatic carbocycles. The van der Waals surface area contributed by atoms with Gasteiger partial charge in [-0.3, -0.25) is 0 Å². The van der Waals surface area contributed by atoms with E-state index in [4.69, 9.17) is 11.6 Å². The molecular formula is C16H24ClFN2O. The predicted molar refractivity (Wildman–Crippen MR) is 84.0 cm³/mol. The molecule has 1 aliphatic heterocycles. The smallest absolute Gasteiger partial charge is 0.142 e. The van der Waals surface area contributed by atoms with E-state index in [9.17, 15) is 9.50 Å². The Morgan fingerprint density at radius 2 is 2.14 bits per heavy atom. The fourth-order valence-corrected chi connectivity index (χ4v) is 2.93. The lowest BCUT2D eigenvalue weighted by atomic mass is 9.96. The summed E-state index contributed by atoms with van der Waals surface area (Å²) in [5.74, 6) is 0.301. The summed E-state index contributed by atoms with van der Waals surface area (Å²) < 4.78 is 13.3.